The molecule has 3 aliphatic rings. The Morgan fingerprint density at radius 1 is 1.32 bits per heavy atom. The maximum atomic E-state index is 12.1. The van der Waals surface area contributed by atoms with Crippen molar-refractivity contribution in [1.29, 1.82) is 0 Å². The van der Waals surface area contributed by atoms with E-state index in [1.807, 2.05) is 6.08 Å². The van der Waals surface area contributed by atoms with Crippen molar-refractivity contribution in [2.75, 3.05) is 14.2 Å². The normalized spacial score (nSPS) is 27.8. The van der Waals surface area contributed by atoms with E-state index < -0.39 is 23.3 Å². The lowest BCUT2D eigenvalue weighted by molar-refractivity contribution is -0.175. The number of Topliss-reactive ketones (excluding diaryl/α,β-unsaturated/α-hetero) is 1. The van der Waals surface area contributed by atoms with E-state index >= 15 is 0 Å². The predicted molar refractivity (Wildman–Crippen MR) is 76.7 cm³/mol. The maximum Gasteiger partial charge on any atom is 0.378 e. The van der Waals surface area contributed by atoms with Crippen LogP contribution in [0.5, 0.6) is 0 Å². The van der Waals surface area contributed by atoms with Crippen LogP contribution in [0.25, 0.3) is 0 Å². The lowest BCUT2D eigenvalue weighted by atomic mass is 9.48. The summed E-state index contributed by atoms with van der Waals surface area (Å²) in [6.07, 6.45) is 3.56. The first kappa shape index (κ1) is 16.7. The third-order valence-electron chi connectivity index (χ3n) is 5.31. The van der Waals surface area contributed by atoms with Gasteiger partial charge < -0.3 is 14.6 Å². The van der Waals surface area contributed by atoms with Gasteiger partial charge in [-0.05, 0) is 30.1 Å². The van der Waals surface area contributed by atoms with Crippen LogP contribution < -0.4 is 0 Å². The number of rotatable bonds is 5. The van der Waals surface area contributed by atoms with Gasteiger partial charge in [-0.3, -0.25) is 4.79 Å². The number of aliphatic hydroxyl groups is 1. The zero-order chi connectivity index (χ0) is 16.7. The van der Waals surface area contributed by atoms with E-state index in [1.165, 1.54) is 0 Å². The number of methoxy groups -OCH3 is 2. The Morgan fingerprint density at radius 3 is 2.41 bits per heavy atom. The molecule has 122 valence electrons. The van der Waals surface area contributed by atoms with Gasteiger partial charge in [0.1, 0.15) is 0 Å². The van der Waals surface area contributed by atoms with Gasteiger partial charge >= 0.3 is 11.9 Å². The number of allylic oxidation sites excluding steroid dienone is 1. The summed E-state index contributed by atoms with van der Waals surface area (Å²) in [5.74, 6) is -2.89. The van der Waals surface area contributed by atoms with E-state index in [0.29, 0.717) is 5.92 Å². The summed E-state index contributed by atoms with van der Waals surface area (Å²) in [4.78, 5) is 35.5. The molecule has 1 N–H and O–H groups in total. The number of fused-ring (bicyclic) bond motifs is 1. The van der Waals surface area contributed by atoms with Gasteiger partial charge in [-0.15, -0.1) is 0 Å². The molecule has 6 nitrogen and oxygen atoms in total. The number of carbonyl (C=O) groups is 3. The van der Waals surface area contributed by atoms with Crippen molar-refractivity contribution in [3.05, 3.63) is 11.6 Å². The smallest absolute Gasteiger partial charge is 0.378 e. The Kier molecular flexibility index (Phi) is 4.17. The highest BCUT2D eigenvalue weighted by atomic mass is 16.5. The molecule has 2 bridgehead atoms. The Balaban J connectivity index is 2.28. The number of ether oxygens (including phenoxy) is 2. The van der Waals surface area contributed by atoms with E-state index in [0.717, 1.165) is 32.6 Å². The Hall–Kier alpha value is -1.69. The molecule has 22 heavy (non-hydrogen) atoms. The van der Waals surface area contributed by atoms with Gasteiger partial charge in [0.2, 0.25) is 5.60 Å². The molecule has 0 amide bonds. The second-order valence-corrected chi connectivity index (χ2v) is 6.67. The Morgan fingerprint density at radius 2 is 1.95 bits per heavy atom. The number of ketones is 1. The van der Waals surface area contributed by atoms with Crippen LogP contribution in [-0.2, 0) is 23.9 Å². The third kappa shape index (κ3) is 2.35. The SMILES string of the molecule is COC(=O)C(=O)C(O)(CC1=CCC2CC1C2(C)C)C(=O)OC. The number of esters is 2. The van der Waals surface area contributed by atoms with Crippen LogP contribution in [0.3, 0.4) is 0 Å². The average molecular weight is 310 g/mol. The quantitative estimate of drug-likeness (QED) is 0.353. The van der Waals surface area contributed by atoms with Crippen molar-refractivity contribution in [3.63, 3.8) is 0 Å². The van der Waals surface area contributed by atoms with Gasteiger partial charge in [0, 0.05) is 6.42 Å². The molecule has 0 saturated heterocycles. The zero-order valence-electron chi connectivity index (χ0n) is 13.3. The van der Waals surface area contributed by atoms with Gasteiger partial charge in [-0.2, -0.15) is 0 Å². The molecular weight excluding hydrogens is 288 g/mol. The molecule has 0 spiro atoms. The monoisotopic (exact) mass is 310 g/mol. The van der Waals surface area contributed by atoms with Crippen LogP contribution in [0.2, 0.25) is 0 Å². The highest BCUT2D eigenvalue weighted by Crippen LogP contribution is 2.60. The predicted octanol–water partition coefficient (Wildman–Crippen LogP) is 1.02. The minimum Gasteiger partial charge on any atom is -0.467 e. The molecule has 3 atom stereocenters. The molecule has 0 aromatic carbocycles. The molecule has 0 aliphatic heterocycles. The van der Waals surface area contributed by atoms with Crippen molar-refractivity contribution >= 4 is 17.7 Å². The van der Waals surface area contributed by atoms with E-state index in [4.69, 9.17) is 0 Å². The van der Waals surface area contributed by atoms with E-state index in [1.54, 1.807) is 0 Å². The van der Waals surface area contributed by atoms with Gasteiger partial charge in [-0.25, -0.2) is 9.59 Å². The first-order valence-corrected chi connectivity index (χ1v) is 7.31. The van der Waals surface area contributed by atoms with Crippen LogP contribution in [0.4, 0.5) is 0 Å². The van der Waals surface area contributed by atoms with E-state index in [2.05, 4.69) is 23.3 Å². The van der Waals surface area contributed by atoms with Gasteiger partial charge in [0.25, 0.3) is 5.78 Å². The van der Waals surface area contributed by atoms with Crippen molar-refractivity contribution in [1.82, 2.24) is 0 Å². The lowest BCUT2D eigenvalue weighted by Gasteiger charge is -2.57. The lowest BCUT2D eigenvalue weighted by Crippen LogP contribution is -2.54. The molecule has 3 rings (SSSR count). The molecule has 0 aromatic heterocycles. The first-order chi connectivity index (χ1) is 10.2. The van der Waals surface area contributed by atoms with Crippen LogP contribution in [0.1, 0.15) is 33.1 Å². The molecule has 6 heteroatoms. The number of carbonyl (C=O) groups excluding carboxylic acids is 3. The topological polar surface area (TPSA) is 89.9 Å². The minimum atomic E-state index is -2.52. The van der Waals surface area contributed by atoms with E-state index in [-0.39, 0.29) is 17.8 Å². The summed E-state index contributed by atoms with van der Waals surface area (Å²) >= 11 is 0. The standard InChI is InChI=1S/C16H22O6/c1-15(2)10-6-5-9(11(15)7-10)8-16(20,14(19)22-4)12(17)13(18)21-3/h5,10-11,20H,6-8H2,1-4H3. The maximum absolute atomic E-state index is 12.1. The summed E-state index contributed by atoms with van der Waals surface area (Å²) < 4.78 is 8.87. The summed E-state index contributed by atoms with van der Waals surface area (Å²) in [7, 11) is 2.09. The van der Waals surface area contributed by atoms with Crippen molar-refractivity contribution in [2.24, 2.45) is 17.3 Å². The molecular formula is C16H22O6. The van der Waals surface area contributed by atoms with Gasteiger partial charge in [0.05, 0.1) is 14.2 Å². The number of hydrogen-bond donors (Lipinski definition) is 1. The zero-order valence-corrected chi connectivity index (χ0v) is 13.3. The Bertz CT molecular complexity index is 547. The molecule has 3 aliphatic carbocycles. The van der Waals surface area contributed by atoms with Crippen LogP contribution in [0, 0.1) is 17.3 Å². The van der Waals surface area contributed by atoms with Gasteiger partial charge in [-0.1, -0.05) is 25.5 Å². The largest absolute Gasteiger partial charge is 0.467 e. The van der Waals surface area contributed by atoms with Crippen molar-refractivity contribution in [3.8, 4) is 0 Å². The van der Waals surface area contributed by atoms with Crippen LogP contribution in [-0.4, -0.2) is 42.6 Å². The van der Waals surface area contributed by atoms with Crippen LogP contribution >= 0.6 is 0 Å². The summed E-state index contributed by atoms with van der Waals surface area (Å²) in [6, 6.07) is 0. The average Bonchev–Trinajstić information content (AvgIpc) is 2.52. The molecule has 0 heterocycles. The highest BCUT2D eigenvalue weighted by molar-refractivity contribution is 6.41. The molecule has 1 saturated carbocycles. The first-order valence-electron chi connectivity index (χ1n) is 7.31. The minimum absolute atomic E-state index is 0.0788. The highest BCUT2D eigenvalue weighted by Gasteiger charge is 2.56. The summed E-state index contributed by atoms with van der Waals surface area (Å²) in [5.41, 5.74) is -1.61. The molecule has 0 radical (unpaired) electrons. The fraction of sp³-hybridized carbons (Fsp3) is 0.688. The fourth-order valence-corrected chi connectivity index (χ4v) is 3.65. The van der Waals surface area contributed by atoms with Crippen molar-refractivity contribution in [2.45, 2.75) is 38.7 Å². The van der Waals surface area contributed by atoms with E-state index in [9.17, 15) is 19.5 Å². The molecule has 1 fully saturated rings. The second kappa shape index (κ2) is 5.50. The third-order valence-corrected chi connectivity index (χ3v) is 5.31. The molecule has 3 unspecified atom stereocenters. The van der Waals surface area contributed by atoms with Crippen LogP contribution in [0.15, 0.2) is 11.6 Å². The fourth-order valence-electron chi connectivity index (χ4n) is 3.65. The van der Waals surface area contributed by atoms with Crippen molar-refractivity contribution < 1.29 is 29.0 Å². The summed E-state index contributed by atoms with van der Waals surface area (Å²) in [6.45, 7) is 4.27. The Labute approximate surface area is 129 Å². The van der Waals surface area contributed by atoms with Gasteiger partial charge in [0.15, 0.2) is 0 Å². The second-order valence-electron chi connectivity index (χ2n) is 6.67. The number of hydrogen-bond acceptors (Lipinski definition) is 6. The molecule has 0 aromatic rings. The summed E-state index contributed by atoms with van der Waals surface area (Å²) in [5, 5.41) is 10.5.